The van der Waals surface area contributed by atoms with Crippen molar-refractivity contribution in [1.29, 1.82) is 0 Å². The first-order valence-electron chi connectivity index (χ1n) is 7.36. The molecule has 0 aliphatic carbocycles. The van der Waals surface area contributed by atoms with Gasteiger partial charge in [0.25, 0.3) is 0 Å². The van der Waals surface area contributed by atoms with Gasteiger partial charge < -0.3 is 10.1 Å². The molecule has 0 atom stereocenters. The molecule has 0 aliphatic rings. The largest absolute Gasteiger partial charge is 0.494 e. The van der Waals surface area contributed by atoms with Gasteiger partial charge in [-0.3, -0.25) is 0 Å². The van der Waals surface area contributed by atoms with E-state index in [-0.39, 0.29) is 0 Å². The molecule has 0 spiro atoms. The summed E-state index contributed by atoms with van der Waals surface area (Å²) in [5.74, 6) is 0.951. The number of nitrogens with one attached hydrogen (secondary N) is 1. The molecule has 0 radical (unpaired) electrons. The fourth-order valence-corrected chi connectivity index (χ4v) is 2.03. The SMILES string of the molecule is CCCOc1cccc(CNc2ccc(CC)cc2)c1. The minimum Gasteiger partial charge on any atom is -0.494 e. The third-order valence-electron chi connectivity index (χ3n) is 3.23. The van der Waals surface area contributed by atoms with Crippen molar-refractivity contribution in [1.82, 2.24) is 0 Å². The van der Waals surface area contributed by atoms with E-state index in [2.05, 4.69) is 55.6 Å². The van der Waals surface area contributed by atoms with E-state index in [0.717, 1.165) is 37.4 Å². The lowest BCUT2D eigenvalue weighted by molar-refractivity contribution is 0.317. The zero-order valence-corrected chi connectivity index (χ0v) is 12.4. The fraction of sp³-hybridized carbons (Fsp3) is 0.333. The van der Waals surface area contributed by atoms with Gasteiger partial charge in [-0.25, -0.2) is 0 Å². The summed E-state index contributed by atoms with van der Waals surface area (Å²) in [4.78, 5) is 0. The minimum atomic E-state index is 0.773. The van der Waals surface area contributed by atoms with Crippen molar-refractivity contribution < 1.29 is 4.74 Å². The summed E-state index contributed by atoms with van der Waals surface area (Å²) < 4.78 is 5.65. The predicted octanol–water partition coefficient (Wildman–Crippen LogP) is 4.65. The normalized spacial score (nSPS) is 10.3. The van der Waals surface area contributed by atoms with Gasteiger partial charge in [-0.05, 0) is 48.2 Å². The van der Waals surface area contributed by atoms with E-state index in [1.54, 1.807) is 0 Å². The monoisotopic (exact) mass is 269 g/mol. The van der Waals surface area contributed by atoms with Gasteiger partial charge in [-0.2, -0.15) is 0 Å². The fourth-order valence-electron chi connectivity index (χ4n) is 2.03. The Bertz CT molecular complexity index is 519. The standard InChI is InChI=1S/C18H23NO/c1-3-12-20-18-7-5-6-16(13-18)14-19-17-10-8-15(4-2)9-11-17/h5-11,13,19H,3-4,12,14H2,1-2H3. The molecule has 2 heteroatoms. The van der Waals surface area contributed by atoms with Crippen LogP contribution in [0.2, 0.25) is 0 Å². The lowest BCUT2D eigenvalue weighted by Crippen LogP contribution is -2.00. The van der Waals surface area contributed by atoms with Crippen molar-refractivity contribution in [2.75, 3.05) is 11.9 Å². The van der Waals surface area contributed by atoms with Crippen molar-refractivity contribution in [2.45, 2.75) is 33.2 Å². The van der Waals surface area contributed by atoms with Crippen LogP contribution in [0.5, 0.6) is 5.75 Å². The molecule has 2 rings (SSSR count). The highest BCUT2D eigenvalue weighted by atomic mass is 16.5. The second-order valence-corrected chi connectivity index (χ2v) is 4.90. The van der Waals surface area contributed by atoms with Gasteiger partial charge in [0.1, 0.15) is 5.75 Å². The quantitative estimate of drug-likeness (QED) is 0.790. The van der Waals surface area contributed by atoms with E-state index in [9.17, 15) is 0 Å². The molecule has 0 unspecified atom stereocenters. The number of aryl methyl sites for hydroxylation is 1. The zero-order chi connectivity index (χ0) is 14.2. The molecule has 0 saturated carbocycles. The number of benzene rings is 2. The van der Waals surface area contributed by atoms with Gasteiger partial charge in [0.05, 0.1) is 6.61 Å². The average molecular weight is 269 g/mol. The van der Waals surface area contributed by atoms with Crippen LogP contribution < -0.4 is 10.1 Å². The molecule has 2 nitrogen and oxygen atoms in total. The Morgan fingerprint density at radius 1 is 0.950 bits per heavy atom. The Hall–Kier alpha value is -1.96. The highest BCUT2D eigenvalue weighted by Gasteiger charge is 1.98. The molecule has 0 aromatic heterocycles. The highest BCUT2D eigenvalue weighted by molar-refractivity contribution is 5.45. The van der Waals surface area contributed by atoms with E-state index in [4.69, 9.17) is 4.74 Å². The molecule has 0 fully saturated rings. The number of anilines is 1. The minimum absolute atomic E-state index is 0.773. The summed E-state index contributed by atoms with van der Waals surface area (Å²) in [6.07, 6.45) is 2.11. The van der Waals surface area contributed by atoms with Crippen molar-refractivity contribution in [3.8, 4) is 5.75 Å². The van der Waals surface area contributed by atoms with Crippen LogP contribution in [0.25, 0.3) is 0 Å². The van der Waals surface area contributed by atoms with E-state index >= 15 is 0 Å². The molecule has 0 amide bonds. The zero-order valence-electron chi connectivity index (χ0n) is 12.4. The third-order valence-corrected chi connectivity index (χ3v) is 3.23. The van der Waals surface area contributed by atoms with Crippen molar-refractivity contribution in [3.63, 3.8) is 0 Å². The third kappa shape index (κ3) is 4.30. The highest BCUT2D eigenvalue weighted by Crippen LogP contribution is 2.16. The van der Waals surface area contributed by atoms with Crippen LogP contribution >= 0.6 is 0 Å². The molecule has 0 heterocycles. The van der Waals surface area contributed by atoms with Crippen LogP contribution in [-0.2, 0) is 13.0 Å². The molecular weight excluding hydrogens is 246 g/mol. The Morgan fingerprint density at radius 2 is 1.75 bits per heavy atom. The molecule has 106 valence electrons. The van der Waals surface area contributed by atoms with Crippen LogP contribution in [0.4, 0.5) is 5.69 Å². The summed E-state index contributed by atoms with van der Waals surface area (Å²) in [5.41, 5.74) is 3.76. The first-order valence-corrected chi connectivity index (χ1v) is 7.36. The molecule has 2 aromatic rings. The molecule has 0 aliphatic heterocycles. The molecule has 0 bridgehead atoms. The van der Waals surface area contributed by atoms with Crippen LogP contribution in [0.1, 0.15) is 31.4 Å². The Balaban J connectivity index is 1.92. The Kier molecular flexibility index (Phi) is 5.48. The van der Waals surface area contributed by atoms with Crippen LogP contribution in [0.15, 0.2) is 48.5 Å². The topological polar surface area (TPSA) is 21.3 Å². The smallest absolute Gasteiger partial charge is 0.119 e. The summed E-state index contributed by atoms with van der Waals surface area (Å²) in [6, 6.07) is 16.9. The first kappa shape index (κ1) is 14.4. The van der Waals surface area contributed by atoms with Gasteiger partial charge in [0.2, 0.25) is 0 Å². The maximum Gasteiger partial charge on any atom is 0.119 e. The van der Waals surface area contributed by atoms with E-state index in [0.29, 0.717) is 0 Å². The number of hydrogen-bond donors (Lipinski definition) is 1. The molecule has 0 saturated heterocycles. The molecule has 20 heavy (non-hydrogen) atoms. The van der Waals surface area contributed by atoms with E-state index in [1.165, 1.54) is 11.1 Å². The van der Waals surface area contributed by atoms with Crippen LogP contribution in [0, 0.1) is 0 Å². The second-order valence-electron chi connectivity index (χ2n) is 4.90. The number of ether oxygens (including phenoxy) is 1. The van der Waals surface area contributed by atoms with Crippen molar-refractivity contribution in [3.05, 3.63) is 59.7 Å². The van der Waals surface area contributed by atoms with Crippen molar-refractivity contribution >= 4 is 5.69 Å². The van der Waals surface area contributed by atoms with Gasteiger partial charge in [0.15, 0.2) is 0 Å². The van der Waals surface area contributed by atoms with Gasteiger partial charge in [0, 0.05) is 12.2 Å². The average Bonchev–Trinajstić information content (AvgIpc) is 2.52. The predicted molar refractivity (Wildman–Crippen MR) is 85.4 cm³/mol. The maximum absolute atomic E-state index is 5.65. The van der Waals surface area contributed by atoms with Gasteiger partial charge in [-0.1, -0.05) is 38.1 Å². The summed E-state index contributed by atoms with van der Waals surface area (Å²) >= 11 is 0. The van der Waals surface area contributed by atoms with E-state index < -0.39 is 0 Å². The lowest BCUT2D eigenvalue weighted by Gasteiger charge is -2.09. The first-order chi connectivity index (χ1) is 9.81. The maximum atomic E-state index is 5.65. The molecular formula is C18H23NO. The lowest BCUT2D eigenvalue weighted by atomic mass is 10.1. The van der Waals surface area contributed by atoms with Gasteiger partial charge in [-0.15, -0.1) is 0 Å². The van der Waals surface area contributed by atoms with E-state index in [1.807, 2.05) is 12.1 Å². The number of hydrogen-bond acceptors (Lipinski definition) is 2. The second kappa shape index (κ2) is 7.59. The number of rotatable bonds is 7. The summed E-state index contributed by atoms with van der Waals surface area (Å²) in [7, 11) is 0. The van der Waals surface area contributed by atoms with Gasteiger partial charge >= 0.3 is 0 Å². The van der Waals surface area contributed by atoms with Crippen LogP contribution in [0.3, 0.4) is 0 Å². The Labute approximate surface area is 121 Å². The molecule has 1 N–H and O–H groups in total. The summed E-state index contributed by atoms with van der Waals surface area (Å²) in [5, 5.41) is 3.44. The summed E-state index contributed by atoms with van der Waals surface area (Å²) in [6.45, 7) is 5.87. The van der Waals surface area contributed by atoms with Crippen molar-refractivity contribution in [2.24, 2.45) is 0 Å². The Morgan fingerprint density at radius 3 is 2.45 bits per heavy atom. The molecule has 2 aromatic carbocycles. The van der Waals surface area contributed by atoms with Crippen LogP contribution in [-0.4, -0.2) is 6.61 Å².